The molecule has 0 aromatic carbocycles. The summed E-state index contributed by atoms with van der Waals surface area (Å²) in [5, 5.41) is 0. The first-order chi connectivity index (χ1) is 9.08. The molecule has 1 fully saturated rings. The average Bonchev–Trinajstić information content (AvgIpc) is 2.41. The Morgan fingerprint density at radius 1 is 1.26 bits per heavy atom. The normalized spacial score (nSPS) is 23.6. The maximum absolute atomic E-state index is 6.07. The Bertz CT molecular complexity index is 411. The van der Waals surface area contributed by atoms with Gasteiger partial charge >= 0.3 is 0 Å². The molecule has 0 radical (unpaired) electrons. The molecule has 3 heteroatoms. The maximum atomic E-state index is 6.07. The fourth-order valence-corrected chi connectivity index (χ4v) is 2.69. The SMILES string of the molecule is CC1CCC(Oc2cc(CCl)cc(C(C)C)n2)CC1. The van der Waals surface area contributed by atoms with Crippen LogP contribution in [0.2, 0.25) is 0 Å². The number of nitrogens with zero attached hydrogens (tertiary/aromatic N) is 1. The summed E-state index contributed by atoms with van der Waals surface area (Å²) in [4.78, 5) is 4.61. The lowest BCUT2D eigenvalue weighted by Gasteiger charge is -2.26. The predicted octanol–water partition coefficient (Wildman–Crippen LogP) is 4.90. The first-order valence-corrected chi connectivity index (χ1v) is 7.85. The molecule has 0 spiro atoms. The Morgan fingerprint density at radius 3 is 2.53 bits per heavy atom. The molecule has 1 saturated carbocycles. The molecule has 1 aromatic rings. The van der Waals surface area contributed by atoms with Crippen LogP contribution in [0.1, 0.15) is 63.6 Å². The largest absolute Gasteiger partial charge is 0.474 e. The van der Waals surface area contributed by atoms with Crippen molar-refractivity contribution in [3.05, 3.63) is 23.4 Å². The van der Waals surface area contributed by atoms with Crippen LogP contribution in [0.5, 0.6) is 5.88 Å². The molecule has 19 heavy (non-hydrogen) atoms. The highest BCUT2D eigenvalue weighted by molar-refractivity contribution is 6.17. The molecule has 0 bridgehead atoms. The van der Waals surface area contributed by atoms with Gasteiger partial charge in [0.25, 0.3) is 0 Å². The molecule has 1 aliphatic rings. The molecule has 0 unspecified atom stereocenters. The van der Waals surface area contributed by atoms with Crippen molar-refractivity contribution in [1.82, 2.24) is 4.98 Å². The van der Waals surface area contributed by atoms with Gasteiger partial charge in [-0.2, -0.15) is 0 Å². The van der Waals surface area contributed by atoms with E-state index in [-0.39, 0.29) is 0 Å². The quantitative estimate of drug-likeness (QED) is 0.732. The average molecular weight is 282 g/mol. The monoisotopic (exact) mass is 281 g/mol. The van der Waals surface area contributed by atoms with Gasteiger partial charge in [0.2, 0.25) is 5.88 Å². The lowest BCUT2D eigenvalue weighted by Crippen LogP contribution is -2.23. The third-order valence-corrected chi connectivity index (χ3v) is 4.19. The molecule has 0 saturated heterocycles. The molecule has 0 atom stereocenters. The number of hydrogen-bond acceptors (Lipinski definition) is 2. The summed E-state index contributed by atoms with van der Waals surface area (Å²) in [5.74, 6) is 2.51. The Labute approximate surface area is 121 Å². The van der Waals surface area contributed by atoms with Crippen LogP contribution >= 0.6 is 11.6 Å². The number of ether oxygens (including phenoxy) is 1. The minimum Gasteiger partial charge on any atom is -0.474 e. The zero-order chi connectivity index (χ0) is 13.8. The first-order valence-electron chi connectivity index (χ1n) is 7.32. The van der Waals surface area contributed by atoms with Gasteiger partial charge in [0.05, 0.1) is 0 Å². The fraction of sp³-hybridized carbons (Fsp3) is 0.688. The van der Waals surface area contributed by atoms with Crippen molar-refractivity contribution in [3.63, 3.8) is 0 Å². The van der Waals surface area contributed by atoms with Gasteiger partial charge in [0.1, 0.15) is 6.10 Å². The van der Waals surface area contributed by atoms with Crippen molar-refractivity contribution < 1.29 is 4.74 Å². The minimum absolute atomic E-state index is 0.328. The zero-order valence-electron chi connectivity index (χ0n) is 12.2. The Morgan fingerprint density at radius 2 is 1.95 bits per heavy atom. The molecule has 1 heterocycles. The summed E-state index contributed by atoms with van der Waals surface area (Å²) in [5.41, 5.74) is 2.16. The van der Waals surface area contributed by atoms with Crippen LogP contribution < -0.4 is 4.74 Å². The van der Waals surface area contributed by atoms with Crippen LogP contribution in [-0.2, 0) is 5.88 Å². The van der Waals surface area contributed by atoms with E-state index in [4.69, 9.17) is 16.3 Å². The number of halogens is 1. The van der Waals surface area contributed by atoms with E-state index in [2.05, 4.69) is 31.8 Å². The number of hydrogen-bond donors (Lipinski definition) is 0. The van der Waals surface area contributed by atoms with Crippen LogP contribution in [0.25, 0.3) is 0 Å². The number of alkyl halides is 1. The lowest BCUT2D eigenvalue weighted by atomic mass is 9.89. The van der Waals surface area contributed by atoms with E-state index in [1.165, 1.54) is 12.8 Å². The van der Waals surface area contributed by atoms with E-state index in [1.807, 2.05) is 6.07 Å². The standard InChI is InChI=1S/C16H24ClNO/c1-11(2)15-8-13(10-17)9-16(18-15)19-14-6-4-12(3)5-7-14/h8-9,11-12,14H,4-7,10H2,1-3H3. The highest BCUT2D eigenvalue weighted by Gasteiger charge is 2.20. The van der Waals surface area contributed by atoms with Crippen molar-refractivity contribution in [1.29, 1.82) is 0 Å². The number of rotatable bonds is 4. The van der Waals surface area contributed by atoms with Crippen molar-refractivity contribution in [2.24, 2.45) is 5.92 Å². The molecule has 0 amide bonds. The van der Waals surface area contributed by atoms with E-state index in [0.717, 1.165) is 35.9 Å². The first kappa shape index (κ1) is 14.6. The summed E-state index contributed by atoms with van der Waals surface area (Å²) < 4.78 is 6.07. The second-order valence-electron chi connectivity index (χ2n) is 6.03. The Balaban J connectivity index is 2.08. The lowest BCUT2D eigenvalue weighted by molar-refractivity contribution is 0.129. The summed E-state index contributed by atoms with van der Waals surface area (Å²) in [6.07, 6.45) is 5.14. The number of aromatic nitrogens is 1. The molecule has 0 aliphatic heterocycles. The highest BCUT2D eigenvalue weighted by atomic mass is 35.5. The summed E-state index contributed by atoms with van der Waals surface area (Å²) in [7, 11) is 0. The van der Waals surface area contributed by atoms with Crippen LogP contribution in [-0.4, -0.2) is 11.1 Å². The molecular formula is C16H24ClNO. The second kappa shape index (κ2) is 6.60. The predicted molar refractivity (Wildman–Crippen MR) is 79.9 cm³/mol. The molecule has 2 rings (SSSR count). The van der Waals surface area contributed by atoms with E-state index < -0.39 is 0 Å². The van der Waals surface area contributed by atoms with Gasteiger partial charge in [0.15, 0.2) is 0 Å². The van der Waals surface area contributed by atoms with Gasteiger partial charge in [-0.05, 0) is 49.1 Å². The van der Waals surface area contributed by atoms with Crippen LogP contribution in [0, 0.1) is 5.92 Å². The van der Waals surface area contributed by atoms with Crippen LogP contribution in [0.3, 0.4) is 0 Å². The van der Waals surface area contributed by atoms with E-state index in [9.17, 15) is 0 Å². The second-order valence-corrected chi connectivity index (χ2v) is 6.29. The van der Waals surface area contributed by atoms with Gasteiger partial charge in [-0.3, -0.25) is 0 Å². The smallest absolute Gasteiger partial charge is 0.214 e. The summed E-state index contributed by atoms with van der Waals surface area (Å²) >= 11 is 5.95. The third-order valence-electron chi connectivity index (χ3n) is 3.88. The molecule has 0 N–H and O–H groups in total. The molecule has 106 valence electrons. The van der Waals surface area contributed by atoms with E-state index in [1.54, 1.807) is 0 Å². The number of pyridine rings is 1. The topological polar surface area (TPSA) is 22.1 Å². The molecule has 1 aromatic heterocycles. The van der Waals surface area contributed by atoms with Crippen molar-refractivity contribution in [2.75, 3.05) is 0 Å². The summed E-state index contributed by atoms with van der Waals surface area (Å²) in [6.45, 7) is 6.61. The third kappa shape index (κ3) is 4.10. The maximum Gasteiger partial charge on any atom is 0.214 e. The summed E-state index contributed by atoms with van der Waals surface area (Å²) in [6, 6.07) is 4.06. The van der Waals surface area contributed by atoms with Gasteiger partial charge in [-0.25, -0.2) is 4.98 Å². The molecule has 1 aliphatic carbocycles. The van der Waals surface area contributed by atoms with Crippen LogP contribution in [0.15, 0.2) is 12.1 Å². The van der Waals surface area contributed by atoms with Gasteiger partial charge in [0, 0.05) is 17.6 Å². The van der Waals surface area contributed by atoms with E-state index >= 15 is 0 Å². The minimum atomic E-state index is 0.328. The molecular weight excluding hydrogens is 258 g/mol. The molecule has 2 nitrogen and oxygen atoms in total. The zero-order valence-corrected chi connectivity index (χ0v) is 12.9. The van der Waals surface area contributed by atoms with Crippen molar-refractivity contribution >= 4 is 11.6 Å². The van der Waals surface area contributed by atoms with Gasteiger partial charge in [-0.1, -0.05) is 20.8 Å². The van der Waals surface area contributed by atoms with E-state index in [0.29, 0.717) is 17.9 Å². The van der Waals surface area contributed by atoms with Gasteiger partial charge < -0.3 is 4.74 Å². The Kier molecular flexibility index (Phi) is 5.09. The van der Waals surface area contributed by atoms with Gasteiger partial charge in [-0.15, -0.1) is 11.6 Å². The van der Waals surface area contributed by atoms with Crippen molar-refractivity contribution in [2.45, 2.75) is 64.4 Å². The Hall–Kier alpha value is -0.760. The van der Waals surface area contributed by atoms with Crippen LogP contribution in [0.4, 0.5) is 0 Å². The van der Waals surface area contributed by atoms with Crippen molar-refractivity contribution in [3.8, 4) is 5.88 Å². The highest BCUT2D eigenvalue weighted by Crippen LogP contribution is 2.28. The fourth-order valence-electron chi connectivity index (χ4n) is 2.53.